The van der Waals surface area contributed by atoms with Gasteiger partial charge in [0.25, 0.3) is 0 Å². The highest BCUT2D eigenvalue weighted by molar-refractivity contribution is 7.89. The van der Waals surface area contributed by atoms with Crippen LogP contribution in [0.3, 0.4) is 0 Å². The fraction of sp³-hybridized carbons (Fsp3) is 0.174. The van der Waals surface area contributed by atoms with Crippen LogP contribution in [0.1, 0.15) is 25.5 Å². The quantitative estimate of drug-likeness (QED) is 0.590. The maximum atomic E-state index is 12.9. The standard InChI is InChI=1S/C23H24N2O4S/c1-16(18-9-11-20(12-10-18)19-7-5-4-6-8-19)25-30(27,28)21-13-14-23(29-3)22(15-21)24-17(2)26/h4-16,25H,1-3H3,(H,24,26). The summed E-state index contributed by atoms with van der Waals surface area (Å²) in [6.45, 7) is 3.13. The monoisotopic (exact) mass is 424 g/mol. The van der Waals surface area contributed by atoms with Crippen molar-refractivity contribution in [3.63, 3.8) is 0 Å². The smallest absolute Gasteiger partial charge is 0.241 e. The van der Waals surface area contributed by atoms with Gasteiger partial charge in [0, 0.05) is 13.0 Å². The maximum absolute atomic E-state index is 12.9. The van der Waals surface area contributed by atoms with Gasteiger partial charge in [-0.15, -0.1) is 0 Å². The van der Waals surface area contributed by atoms with E-state index in [-0.39, 0.29) is 10.8 Å². The number of rotatable bonds is 7. The molecule has 0 heterocycles. The van der Waals surface area contributed by atoms with E-state index >= 15 is 0 Å². The summed E-state index contributed by atoms with van der Waals surface area (Å²) in [6.07, 6.45) is 0. The highest BCUT2D eigenvalue weighted by atomic mass is 32.2. The van der Waals surface area contributed by atoms with Gasteiger partial charge < -0.3 is 10.1 Å². The van der Waals surface area contributed by atoms with Gasteiger partial charge in [-0.3, -0.25) is 4.79 Å². The summed E-state index contributed by atoms with van der Waals surface area (Å²) >= 11 is 0. The molecule has 0 aliphatic rings. The SMILES string of the molecule is COc1ccc(S(=O)(=O)NC(C)c2ccc(-c3ccccc3)cc2)cc1NC(C)=O. The van der Waals surface area contributed by atoms with Crippen molar-refractivity contribution in [1.82, 2.24) is 4.72 Å². The molecular formula is C23H24N2O4S. The van der Waals surface area contributed by atoms with Crippen LogP contribution in [-0.2, 0) is 14.8 Å². The number of amides is 1. The van der Waals surface area contributed by atoms with E-state index in [4.69, 9.17) is 4.74 Å². The van der Waals surface area contributed by atoms with Gasteiger partial charge in [-0.1, -0.05) is 54.6 Å². The topological polar surface area (TPSA) is 84.5 Å². The lowest BCUT2D eigenvalue weighted by Crippen LogP contribution is -2.27. The minimum atomic E-state index is -3.81. The predicted octanol–water partition coefficient (Wildman–Crippen LogP) is 4.36. The fourth-order valence-electron chi connectivity index (χ4n) is 3.11. The van der Waals surface area contributed by atoms with Crippen molar-refractivity contribution in [1.29, 1.82) is 0 Å². The molecule has 0 aliphatic heterocycles. The van der Waals surface area contributed by atoms with Crippen molar-refractivity contribution in [2.24, 2.45) is 0 Å². The van der Waals surface area contributed by atoms with E-state index in [9.17, 15) is 13.2 Å². The molecule has 30 heavy (non-hydrogen) atoms. The zero-order chi connectivity index (χ0) is 21.7. The predicted molar refractivity (Wildman–Crippen MR) is 118 cm³/mol. The average Bonchev–Trinajstić information content (AvgIpc) is 2.73. The van der Waals surface area contributed by atoms with Crippen LogP contribution in [-0.4, -0.2) is 21.4 Å². The number of methoxy groups -OCH3 is 1. The van der Waals surface area contributed by atoms with Crippen LogP contribution in [0.5, 0.6) is 5.75 Å². The van der Waals surface area contributed by atoms with Crippen LogP contribution in [0.15, 0.2) is 77.7 Å². The minimum Gasteiger partial charge on any atom is -0.495 e. The molecule has 156 valence electrons. The third-order valence-electron chi connectivity index (χ3n) is 4.64. The molecule has 1 unspecified atom stereocenters. The van der Waals surface area contributed by atoms with Gasteiger partial charge in [0.05, 0.1) is 17.7 Å². The number of sulfonamides is 1. The van der Waals surface area contributed by atoms with Crippen molar-refractivity contribution >= 4 is 21.6 Å². The number of ether oxygens (including phenoxy) is 1. The molecule has 0 bridgehead atoms. The van der Waals surface area contributed by atoms with Gasteiger partial charge >= 0.3 is 0 Å². The molecule has 0 fully saturated rings. The first-order chi connectivity index (χ1) is 14.3. The van der Waals surface area contributed by atoms with Crippen molar-refractivity contribution in [3.05, 3.63) is 78.4 Å². The zero-order valence-corrected chi connectivity index (χ0v) is 17.9. The molecular weight excluding hydrogens is 400 g/mol. The van der Waals surface area contributed by atoms with Crippen LogP contribution in [0.25, 0.3) is 11.1 Å². The summed E-state index contributed by atoms with van der Waals surface area (Å²) in [4.78, 5) is 11.4. The Labute approximate surface area is 177 Å². The van der Waals surface area contributed by atoms with Gasteiger partial charge in [-0.05, 0) is 41.8 Å². The van der Waals surface area contributed by atoms with Gasteiger partial charge in [0.2, 0.25) is 15.9 Å². The van der Waals surface area contributed by atoms with Crippen LogP contribution in [0.4, 0.5) is 5.69 Å². The molecule has 0 radical (unpaired) electrons. The van der Waals surface area contributed by atoms with E-state index in [2.05, 4.69) is 10.0 Å². The molecule has 0 saturated carbocycles. The third kappa shape index (κ3) is 5.06. The number of carbonyl (C=O) groups excluding carboxylic acids is 1. The second kappa shape index (κ2) is 9.11. The molecule has 3 aromatic carbocycles. The second-order valence-electron chi connectivity index (χ2n) is 6.87. The molecule has 0 aliphatic carbocycles. The molecule has 2 N–H and O–H groups in total. The number of hydrogen-bond donors (Lipinski definition) is 2. The summed E-state index contributed by atoms with van der Waals surface area (Å²) in [5.74, 6) is 0.0661. The Morgan fingerprint density at radius 2 is 1.57 bits per heavy atom. The van der Waals surface area contributed by atoms with E-state index in [1.165, 1.54) is 32.2 Å². The Bertz CT molecular complexity index is 1130. The first kappa shape index (κ1) is 21.5. The van der Waals surface area contributed by atoms with Gasteiger partial charge in [-0.2, -0.15) is 0 Å². The number of anilines is 1. The maximum Gasteiger partial charge on any atom is 0.241 e. The van der Waals surface area contributed by atoms with Crippen LogP contribution >= 0.6 is 0 Å². The Morgan fingerprint density at radius 3 is 2.17 bits per heavy atom. The molecule has 3 rings (SSSR count). The summed E-state index contributed by atoms with van der Waals surface area (Å²) in [6, 6.07) is 21.6. The summed E-state index contributed by atoms with van der Waals surface area (Å²) in [5, 5.41) is 2.59. The highest BCUT2D eigenvalue weighted by Gasteiger charge is 2.20. The minimum absolute atomic E-state index is 0.0415. The molecule has 1 atom stereocenters. The normalized spacial score (nSPS) is 12.2. The molecule has 0 spiro atoms. The van der Waals surface area contributed by atoms with E-state index in [1.54, 1.807) is 6.92 Å². The number of carbonyl (C=O) groups is 1. The molecule has 0 saturated heterocycles. The highest BCUT2D eigenvalue weighted by Crippen LogP contribution is 2.28. The summed E-state index contributed by atoms with van der Waals surface area (Å²) < 4.78 is 33.6. The van der Waals surface area contributed by atoms with Crippen molar-refractivity contribution in [3.8, 4) is 16.9 Å². The van der Waals surface area contributed by atoms with Gasteiger partial charge in [0.1, 0.15) is 5.75 Å². The largest absolute Gasteiger partial charge is 0.495 e. The lowest BCUT2D eigenvalue weighted by molar-refractivity contribution is -0.114. The zero-order valence-electron chi connectivity index (χ0n) is 17.0. The third-order valence-corrected chi connectivity index (χ3v) is 6.18. The average molecular weight is 425 g/mol. The van der Waals surface area contributed by atoms with Gasteiger partial charge in [0.15, 0.2) is 0 Å². The van der Waals surface area contributed by atoms with Crippen molar-refractivity contribution in [2.75, 3.05) is 12.4 Å². The Hall–Kier alpha value is -3.16. The van der Waals surface area contributed by atoms with Gasteiger partial charge in [-0.25, -0.2) is 13.1 Å². The van der Waals surface area contributed by atoms with E-state index < -0.39 is 16.1 Å². The molecule has 1 amide bonds. The van der Waals surface area contributed by atoms with Crippen molar-refractivity contribution in [2.45, 2.75) is 24.8 Å². The first-order valence-electron chi connectivity index (χ1n) is 9.43. The van der Waals surface area contributed by atoms with Crippen molar-refractivity contribution < 1.29 is 17.9 Å². The summed E-state index contributed by atoms with van der Waals surface area (Å²) in [5.41, 5.74) is 3.30. The molecule has 3 aromatic rings. The Morgan fingerprint density at radius 1 is 0.933 bits per heavy atom. The molecule has 6 nitrogen and oxygen atoms in total. The van der Waals surface area contributed by atoms with E-state index in [0.29, 0.717) is 11.4 Å². The molecule has 7 heteroatoms. The Kier molecular flexibility index (Phi) is 6.54. The summed E-state index contributed by atoms with van der Waals surface area (Å²) in [7, 11) is -2.36. The lowest BCUT2D eigenvalue weighted by atomic mass is 10.0. The van der Waals surface area contributed by atoms with E-state index in [1.807, 2.05) is 54.6 Å². The van der Waals surface area contributed by atoms with Crippen LogP contribution in [0.2, 0.25) is 0 Å². The first-order valence-corrected chi connectivity index (χ1v) is 10.9. The number of benzene rings is 3. The van der Waals surface area contributed by atoms with Crippen LogP contribution < -0.4 is 14.8 Å². The van der Waals surface area contributed by atoms with E-state index in [0.717, 1.165) is 16.7 Å². The number of hydrogen-bond acceptors (Lipinski definition) is 4. The second-order valence-corrected chi connectivity index (χ2v) is 8.59. The number of nitrogens with one attached hydrogen (secondary N) is 2. The Balaban J connectivity index is 1.80. The molecule has 0 aromatic heterocycles. The fourth-order valence-corrected chi connectivity index (χ4v) is 4.36. The lowest BCUT2D eigenvalue weighted by Gasteiger charge is -2.17. The van der Waals surface area contributed by atoms with Crippen LogP contribution in [0, 0.1) is 0 Å².